The second-order valence-corrected chi connectivity index (χ2v) is 4.01. The standard InChI is InChI=1S/C13H11N5O/c14-18(8-19)11-3-1-2-10-12(11)17-13(16-10)9-4-6-15-7-5-9/h1-8H,14H2,(H,16,17). The molecule has 3 aromatic rings. The van der Waals surface area contributed by atoms with Crippen LogP contribution in [-0.4, -0.2) is 21.4 Å². The smallest absolute Gasteiger partial charge is 0.228 e. The van der Waals surface area contributed by atoms with Gasteiger partial charge in [-0.05, 0) is 24.3 Å². The summed E-state index contributed by atoms with van der Waals surface area (Å²) in [6, 6.07) is 9.16. The number of nitrogens with zero attached hydrogens (tertiary/aromatic N) is 3. The molecule has 19 heavy (non-hydrogen) atoms. The number of imidazole rings is 1. The molecule has 0 fully saturated rings. The summed E-state index contributed by atoms with van der Waals surface area (Å²) in [7, 11) is 0. The summed E-state index contributed by atoms with van der Waals surface area (Å²) in [6.45, 7) is 0. The van der Waals surface area contributed by atoms with Crippen LogP contribution in [0.15, 0.2) is 42.7 Å². The first kappa shape index (κ1) is 11.4. The van der Waals surface area contributed by atoms with Gasteiger partial charge < -0.3 is 4.98 Å². The van der Waals surface area contributed by atoms with Gasteiger partial charge in [-0.1, -0.05) is 6.07 Å². The number of amides is 1. The lowest BCUT2D eigenvalue weighted by atomic mass is 10.2. The SMILES string of the molecule is NN(C=O)c1cccc2[nH]c(-c3ccncc3)nc12. The van der Waals surface area contributed by atoms with E-state index in [0.29, 0.717) is 23.4 Å². The van der Waals surface area contributed by atoms with E-state index in [1.807, 2.05) is 24.3 Å². The molecule has 3 rings (SSSR count). The minimum atomic E-state index is 0.551. The maximum Gasteiger partial charge on any atom is 0.228 e. The number of pyridine rings is 1. The van der Waals surface area contributed by atoms with Crippen molar-refractivity contribution in [1.82, 2.24) is 15.0 Å². The lowest BCUT2D eigenvalue weighted by Gasteiger charge is -2.09. The van der Waals surface area contributed by atoms with Crippen molar-refractivity contribution in [2.75, 3.05) is 5.01 Å². The van der Waals surface area contributed by atoms with Crippen molar-refractivity contribution in [2.24, 2.45) is 5.84 Å². The van der Waals surface area contributed by atoms with Crippen LogP contribution in [0.25, 0.3) is 22.4 Å². The third-order valence-corrected chi connectivity index (χ3v) is 2.84. The van der Waals surface area contributed by atoms with E-state index >= 15 is 0 Å². The lowest BCUT2D eigenvalue weighted by molar-refractivity contribution is -0.107. The molecule has 0 radical (unpaired) electrons. The summed E-state index contributed by atoms with van der Waals surface area (Å²) in [4.78, 5) is 22.4. The van der Waals surface area contributed by atoms with Crippen LogP contribution >= 0.6 is 0 Å². The van der Waals surface area contributed by atoms with Crippen LogP contribution in [0.1, 0.15) is 0 Å². The monoisotopic (exact) mass is 253 g/mol. The number of aromatic nitrogens is 3. The van der Waals surface area contributed by atoms with Gasteiger partial charge >= 0.3 is 0 Å². The number of anilines is 1. The molecule has 0 saturated heterocycles. The molecule has 94 valence electrons. The number of rotatable bonds is 3. The molecule has 1 amide bonds. The van der Waals surface area contributed by atoms with E-state index in [1.165, 1.54) is 0 Å². The van der Waals surface area contributed by atoms with Gasteiger partial charge in [0.05, 0.1) is 11.2 Å². The topological polar surface area (TPSA) is 87.9 Å². The number of nitrogens with two attached hydrogens (primary N) is 1. The molecule has 0 aliphatic heterocycles. The van der Waals surface area contributed by atoms with E-state index < -0.39 is 0 Å². The molecule has 2 aromatic heterocycles. The van der Waals surface area contributed by atoms with Crippen LogP contribution in [0.2, 0.25) is 0 Å². The van der Waals surface area contributed by atoms with Gasteiger partial charge in [-0.25, -0.2) is 15.8 Å². The first-order valence-electron chi connectivity index (χ1n) is 5.68. The number of H-pyrrole nitrogens is 1. The highest BCUT2D eigenvalue weighted by atomic mass is 16.1. The third-order valence-electron chi connectivity index (χ3n) is 2.84. The van der Waals surface area contributed by atoms with Crippen molar-refractivity contribution in [3.05, 3.63) is 42.7 Å². The molecule has 0 bridgehead atoms. The van der Waals surface area contributed by atoms with E-state index in [4.69, 9.17) is 5.84 Å². The molecule has 0 aliphatic carbocycles. The van der Waals surface area contributed by atoms with E-state index in [0.717, 1.165) is 16.1 Å². The summed E-state index contributed by atoms with van der Waals surface area (Å²) in [5, 5.41) is 1.01. The fourth-order valence-corrected chi connectivity index (χ4v) is 1.93. The summed E-state index contributed by atoms with van der Waals surface area (Å²) in [5.74, 6) is 6.32. The van der Waals surface area contributed by atoms with Gasteiger partial charge in [0.15, 0.2) is 0 Å². The van der Waals surface area contributed by atoms with Gasteiger partial charge in [0, 0.05) is 18.0 Å². The normalized spacial score (nSPS) is 10.6. The van der Waals surface area contributed by atoms with Crippen LogP contribution in [0.5, 0.6) is 0 Å². The third kappa shape index (κ3) is 1.94. The van der Waals surface area contributed by atoms with Crippen molar-refractivity contribution in [1.29, 1.82) is 0 Å². The highest BCUT2D eigenvalue weighted by Crippen LogP contribution is 2.26. The highest BCUT2D eigenvalue weighted by Gasteiger charge is 2.11. The average Bonchev–Trinajstić information content (AvgIpc) is 2.91. The van der Waals surface area contributed by atoms with Crippen LogP contribution in [0.4, 0.5) is 5.69 Å². The van der Waals surface area contributed by atoms with Crippen LogP contribution < -0.4 is 10.9 Å². The molecule has 0 unspecified atom stereocenters. The number of hydrazine groups is 1. The second kappa shape index (κ2) is 4.51. The molecule has 2 heterocycles. The number of hydrogen-bond donors (Lipinski definition) is 2. The number of aromatic amines is 1. The largest absolute Gasteiger partial charge is 0.338 e. The quantitative estimate of drug-likeness (QED) is 0.320. The van der Waals surface area contributed by atoms with Gasteiger partial charge in [-0.2, -0.15) is 0 Å². The fourth-order valence-electron chi connectivity index (χ4n) is 1.93. The Labute approximate surface area is 108 Å². The zero-order valence-electron chi connectivity index (χ0n) is 9.95. The number of carbonyl (C=O) groups excluding carboxylic acids is 1. The summed E-state index contributed by atoms with van der Waals surface area (Å²) in [6.07, 6.45) is 3.95. The fraction of sp³-hybridized carbons (Fsp3) is 0. The zero-order valence-corrected chi connectivity index (χ0v) is 9.95. The van der Waals surface area contributed by atoms with Crippen LogP contribution in [0.3, 0.4) is 0 Å². The molecule has 1 aromatic carbocycles. The Morgan fingerprint density at radius 1 is 1.21 bits per heavy atom. The number of benzene rings is 1. The Bertz CT molecular complexity index is 722. The highest BCUT2D eigenvalue weighted by molar-refractivity contribution is 5.95. The molecule has 6 heteroatoms. The first-order valence-corrected chi connectivity index (χ1v) is 5.68. The summed E-state index contributed by atoms with van der Waals surface area (Å²) in [5.41, 5.74) is 2.96. The Morgan fingerprint density at radius 2 is 2.00 bits per heavy atom. The lowest BCUT2D eigenvalue weighted by Crippen LogP contribution is -2.28. The number of hydrogen-bond acceptors (Lipinski definition) is 4. The molecule has 3 N–H and O–H groups in total. The summed E-state index contributed by atoms with van der Waals surface area (Å²) >= 11 is 0. The molecule has 0 atom stereocenters. The van der Waals surface area contributed by atoms with Gasteiger partial charge in [-0.15, -0.1) is 0 Å². The van der Waals surface area contributed by atoms with E-state index in [2.05, 4.69) is 15.0 Å². The predicted octanol–water partition coefficient (Wildman–Crippen LogP) is 1.46. The van der Waals surface area contributed by atoms with Gasteiger partial charge in [0.25, 0.3) is 0 Å². The first-order chi connectivity index (χ1) is 9.29. The van der Waals surface area contributed by atoms with E-state index in [-0.39, 0.29) is 0 Å². The Morgan fingerprint density at radius 3 is 2.74 bits per heavy atom. The Hall–Kier alpha value is -2.73. The molecular weight excluding hydrogens is 242 g/mol. The number of nitrogens with one attached hydrogen (secondary N) is 1. The van der Waals surface area contributed by atoms with E-state index in [1.54, 1.807) is 18.5 Å². The van der Waals surface area contributed by atoms with Crippen molar-refractivity contribution < 1.29 is 4.79 Å². The van der Waals surface area contributed by atoms with E-state index in [9.17, 15) is 4.79 Å². The number of carbonyl (C=O) groups is 1. The maximum atomic E-state index is 10.8. The van der Waals surface area contributed by atoms with Gasteiger partial charge in [-0.3, -0.25) is 9.78 Å². The average molecular weight is 253 g/mol. The predicted molar refractivity (Wildman–Crippen MR) is 72.1 cm³/mol. The minimum absolute atomic E-state index is 0.551. The van der Waals surface area contributed by atoms with Crippen LogP contribution in [-0.2, 0) is 4.79 Å². The van der Waals surface area contributed by atoms with Crippen molar-refractivity contribution in [2.45, 2.75) is 0 Å². The Kier molecular flexibility index (Phi) is 2.70. The van der Waals surface area contributed by atoms with Crippen molar-refractivity contribution >= 4 is 23.1 Å². The van der Waals surface area contributed by atoms with Gasteiger partial charge in [0.2, 0.25) is 6.41 Å². The minimum Gasteiger partial charge on any atom is -0.338 e. The molecular formula is C13H11N5O. The number of para-hydroxylation sites is 1. The summed E-state index contributed by atoms with van der Waals surface area (Å²) < 4.78 is 0. The zero-order chi connectivity index (χ0) is 13.2. The molecule has 6 nitrogen and oxygen atoms in total. The number of fused-ring (bicyclic) bond motifs is 1. The molecule has 0 aliphatic rings. The molecule has 0 saturated carbocycles. The van der Waals surface area contributed by atoms with Crippen molar-refractivity contribution in [3.63, 3.8) is 0 Å². The van der Waals surface area contributed by atoms with Gasteiger partial charge in [0.1, 0.15) is 11.3 Å². The van der Waals surface area contributed by atoms with Crippen molar-refractivity contribution in [3.8, 4) is 11.4 Å². The Balaban J connectivity index is 2.19. The molecule has 0 spiro atoms. The maximum absolute atomic E-state index is 10.8. The van der Waals surface area contributed by atoms with Crippen LogP contribution in [0, 0.1) is 0 Å². The second-order valence-electron chi connectivity index (χ2n) is 4.01.